The topological polar surface area (TPSA) is 128 Å². The van der Waals surface area contributed by atoms with Crippen LogP contribution in [0.3, 0.4) is 0 Å². The van der Waals surface area contributed by atoms with Gasteiger partial charge in [-0.25, -0.2) is 0 Å². The average molecular weight is 438 g/mol. The lowest BCUT2D eigenvalue weighted by atomic mass is 9.88. The zero-order valence-electron chi connectivity index (χ0n) is 16.4. The number of hydrogen-bond donors (Lipinski definition) is 5. The smallest absolute Gasteiger partial charge is 0.251 e. The predicted octanol–water partition coefficient (Wildman–Crippen LogP) is 0.935. The fourth-order valence-corrected chi connectivity index (χ4v) is 3.54. The number of benzene rings is 2. The third-order valence-electron chi connectivity index (χ3n) is 5.11. The lowest BCUT2D eigenvalue weighted by molar-refractivity contribution is -0.314. The van der Waals surface area contributed by atoms with Crippen LogP contribution in [-0.2, 0) is 4.74 Å². The van der Waals surface area contributed by atoms with Crippen LogP contribution < -0.4 is 10.1 Å². The molecule has 1 heterocycles. The molecular weight excluding hydrogens is 414 g/mol. The number of aliphatic hydroxyl groups excluding tert-OH is 3. The summed E-state index contributed by atoms with van der Waals surface area (Å²) in [6.07, 6.45) is -5.53. The van der Waals surface area contributed by atoms with Crippen LogP contribution in [0.1, 0.15) is 17.3 Å². The number of nitrogens with one attached hydrogen (secondary N) is 1. The van der Waals surface area contributed by atoms with Crippen molar-refractivity contribution < 1.29 is 34.7 Å². The summed E-state index contributed by atoms with van der Waals surface area (Å²) in [6, 6.07) is 11.7. The molecule has 0 spiro atoms. The monoisotopic (exact) mass is 437 g/mol. The van der Waals surface area contributed by atoms with Crippen LogP contribution in [0.25, 0.3) is 11.1 Å². The van der Waals surface area contributed by atoms with E-state index in [0.29, 0.717) is 16.1 Å². The molecular formula is C21H24ClNO7. The number of rotatable bonds is 5. The van der Waals surface area contributed by atoms with E-state index in [1.54, 1.807) is 37.4 Å². The number of aliphatic hydroxyl groups is 4. The first-order chi connectivity index (χ1) is 14.2. The van der Waals surface area contributed by atoms with Crippen molar-refractivity contribution in [2.45, 2.75) is 37.1 Å². The van der Waals surface area contributed by atoms with Crippen LogP contribution >= 0.6 is 11.6 Å². The summed E-state index contributed by atoms with van der Waals surface area (Å²) in [5, 5.41) is 42.9. The van der Waals surface area contributed by atoms with E-state index in [1.165, 1.54) is 13.0 Å². The van der Waals surface area contributed by atoms with E-state index in [-0.39, 0.29) is 11.7 Å². The minimum absolute atomic E-state index is 0.219. The summed E-state index contributed by atoms with van der Waals surface area (Å²) < 4.78 is 11.1. The summed E-state index contributed by atoms with van der Waals surface area (Å²) >= 11 is 6.41. The molecule has 8 nitrogen and oxygen atoms in total. The Bertz CT molecular complexity index is 920. The van der Waals surface area contributed by atoms with Gasteiger partial charge in [-0.15, -0.1) is 0 Å². The van der Waals surface area contributed by atoms with Crippen molar-refractivity contribution >= 4 is 17.5 Å². The van der Waals surface area contributed by atoms with Crippen LogP contribution in [0, 0.1) is 0 Å². The van der Waals surface area contributed by atoms with Crippen LogP contribution in [-0.4, -0.2) is 70.2 Å². The quantitative estimate of drug-likeness (QED) is 0.470. The van der Waals surface area contributed by atoms with Gasteiger partial charge in [0.2, 0.25) is 6.29 Å². The number of halogens is 1. The lowest BCUT2D eigenvalue weighted by Gasteiger charge is -2.45. The number of amides is 1. The molecule has 5 N–H and O–H groups in total. The molecule has 1 aliphatic rings. The van der Waals surface area contributed by atoms with Crippen molar-refractivity contribution in [3.05, 3.63) is 53.1 Å². The molecule has 1 aliphatic heterocycles. The van der Waals surface area contributed by atoms with Crippen LogP contribution in [0.15, 0.2) is 42.5 Å². The molecule has 0 unspecified atom stereocenters. The van der Waals surface area contributed by atoms with Gasteiger partial charge in [0.05, 0.1) is 11.6 Å². The molecule has 0 bridgehead atoms. The van der Waals surface area contributed by atoms with E-state index in [0.717, 1.165) is 5.56 Å². The Morgan fingerprint density at radius 3 is 2.63 bits per heavy atom. The summed E-state index contributed by atoms with van der Waals surface area (Å²) in [5.74, 6) is 0.0283. The van der Waals surface area contributed by atoms with E-state index in [9.17, 15) is 25.2 Å². The summed E-state index contributed by atoms with van der Waals surface area (Å²) in [4.78, 5) is 11.9. The Kier molecular flexibility index (Phi) is 6.66. The molecule has 30 heavy (non-hydrogen) atoms. The molecule has 1 amide bonds. The largest absolute Gasteiger partial charge is 0.462 e. The van der Waals surface area contributed by atoms with Gasteiger partial charge in [0.1, 0.15) is 24.1 Å². The highest BCUT2D eigenvalue weighted by Crippen LogP contribution is 2.35. The minimum Gasteiger partial charge on any atom is -0.462 e. The molecule has 0 aliphatic carbocycles. The van der Waals surface area contributed by atoms with Crippen molar-refractivity contribution in [2.75, 3.05) is 13.7 Å². The molecule has 0 radical (unpaired) electrons. The van der Waals surface area contributed by atoms with Gasteiger partial charge in [0.25, 0.3) is 5.91 Å². The number of carbonyl (C=O) groups is 1. The highest BCUT2D eigenvalue weighted by Gasteiger charge is 2.53. The Labute approximate surface area is 178 Å². The highest BCUT2D eigenvalue weighted by atomic mass is 35.5. The predicted molar refractivity (Wildman–Crippen MR) is 109 cm³/mol. The van der Waals surface area contributed by atoms with Gasteiger partial charge in [-0.1, -0.05) is 23.7 Å². The average Bonchev–Trinajstić information content (AvgIpc) is 2.74. The molecule has 0 aromatic heterocycles. The molecule has 9 heteroatoms. The van der Waals surface area contributed by atoms with Crippen molar-refractivity contribution in [1.29, 1.82) is 0 Å². The molecule has 2 aromatic rings. The third kappa shape index (κ3) is 4.29. The van der Waals surface area contributed by atoms with Gasteiger partial charge < -0.3 is 35.2 Å². The second-order valence-electron chi connectivity index (χ2n) is 7.27. The standard InChI is InChI=1S/C21H24ClNO7/c1-21(28)18(26)17(25)16(10-24)30-20(21)29-13-6-7-14(15(22)9-13)11-4-3-5-12(8-11)19(27)23-2/h3-9,16-18,20,24-26,28H,10H2,1-2H3,(H,23,27)/t16-,17-,18+,20+,21+/m1/s1. The van der Waals surface area contributed by atoms with Crippen molar-refractivity contribution in [2.24, 2.45) is 0 Å². The first-order valence-corrected chi connectivity index (χ1v) is 9.70. The van der Waals surface area contributed by atoms with Crippen molar-refractivity contribution in [1.82, 2.24) is 5.32 Å². The normalized spacial score (nSPS) is 28.8. The van der Waals surface area contributed by atoms with Crippen LogP contribution in [0.4, 0.5) is 0 Å². The SMILES string of the molecule is CNC(=O)c1cccc(-c2ccc(O[C@H]3O[C@H](CO)[C@@H](O)[C@H](O)[C@]3(C)O)cc2Cl)c1. The fourth-order valence-electron chi connectivity index (χ4n) is 3.26. The Morgan fingerprint density at radius 2 is 2.00 bits per heavy atom. The Balaban J connectivity index is 1.84. The van der Waals surface area contributed by atoms with Gasteiger partial charge >= 0.3 is 0 Å². The molecule has 1 saturated heterocycles. The van der Waals surface area contributed by atoms with Gasteiger partial charge in [0, 0.05) is 18.2 Å². The van der Waals surface area contributed by atoms with Gasteiger partial charge in [0.15, 0.2) is 5.60 Å². The maximum Gasteiger partial charge on any atom is 0.251 e. The van der Waals surface area contributed by atoms with Gasteiger partial charge in [-0.05, 0) is 42.8 Å². The van der Waals surface area contributed by atoms with Crippen LogP contribution in [0.2, 0.25) is 5.02 Å². The van der Waals surface area contributed by atoms with Gasteiger partial charge in [-0.2, -0.15) is 0 Å². The fraction of sp³-hybridized carbons (Fsp3) is 0.381. The first-order valence-electron chi connectivity index (χ1n) is 9.32. The van der Waals surface area contributed by atoms with E-state index in [2.05, 4.69) is 5.32 Å². The zero-order valence-corrected chi connectivity index (χ0v) is 17.2. The van der Waals surface area contributed by atoms with Gasteiger partial charge in [-0.3, -0.25) is 4.79 Å². The number of ether oxygens (including phenoxy) is 2. The van der Waals surface area contributed by atoms with E-state index in [4.69, 9.17) is 21.1 Å². The molecule has 5 atom stereocenters. The molecule has 162 valence electrons. The second-order valence-corrected chi connectivity index (χ2v) is 7.68. The first kappa shape index (κ1) is 22.5. The third-order valence-corrected chi connectivity index (χ3v) is 5.42. The Morgan fingerprint density at radius 1 is 1.27 bits per heavy atom. The van der Waals surface area contributed by atoms with E-state index < -0.39 is 36.8 Å². The summed E-state index contributed by atoms with van der Waals surface area (Å²) in [7, 11) is 1.55. The molecule has 3 rings (SSSR count). The highest BCUT2D eigenvalue weighted by molar-refractivity contribution is 6.33. The van der Waals surface area contributed by atoms with Crippen LogP contribution in [0.5, 0.6) is 5.75 Å². The summed E-state index contributed by atoms with van der Waals surface area (Å²) in [6.45, 7) is 0.703. The maximum absolute atomic E-state index is 11.9. The zero-order chi connectivity index (χ0) is 22.1. The summed E-state index contributed by atoms with van der Waals surface area (Å²) in [5.41, 5.74) is -0.0548. The second kappa shape index (κ2) is 8.89. The maximum atomic E-state index is 11.9. The lowest BCUT2D eigenvalue weighted by Crippen LogP contribution is -2.66. The van der Waals surface area contributed by atoms with E-state index in [1.807, 2.05) is 6.07 Å². The minimum atomic E-state index is -1.93. The molecule has 2 aromatic carbocycles. The molecule has 1 fully saturated rings. The number of carbonyl (C=O) groups excluding carboxylic acids is 1. The van der Waals surface area contributed by atoms with Crippen molar-refractivity contribution in [3.63, 3.8) is 0 Å². The van der Waals surface area contributed by atoms with E-state index >= 15 is 0 Å². The Hall–Kier alpha value is -2.20. The van der Waals surface area contributed by atoms with Crippen molar-refractivity contribution in [3.8, 4) is 16.9 Å². The molecule has 0 saturated carbocycles. The number of hydrogen-bond acceptors (Lipinski definition) is 7.